The number of carbonyl (C=O) groups excluding carboxylic acids is 2. The Labute approximate surface area is 162 Å². The molecule has 136 valence electrons. The lowest BCUT2D eigenvalue weighted by Gasteiger charge is -2.39. The fourth-order valence-corrected chi connectivity index (χ4v) is 3.47. The first-order chi connectivity index (χ1) is 12.4. The van der Waals surface area contributed by atoms with Crippen molar-refractivity contribution in [1.29, 1.82) is 0 Å². The minimum absolute atomic E-state index is 0.0426. The zero-order valence-electron chi connectivity index (χ0n) is 15.3. The first-order valence-corrected chi connectivity index (χ1v) is 9.65. The molecule has 0 aromatic heterocycles. The topological polar surface area (TPSA) is 40.6 Å². The average Bonchev–Trinajstić information content (AvgIpc) is 2.64. The van der Waals surface area contributed by atoms with Crippen molar-refractivity contribution in [2.45, 2.75) is 32.7 Å². The lowest BCUT2D eigenvalue weighted by Crippen LogP contribution is -2.57. The van der Waals surface area contributed by atoms with E-state index in [2.05, 4.69) is 41.9 Å². The number of rotatable bonds is 3. The summed E-state index contributed by atoms with van der Waals surface area (Å²) in [6.45, 7) is 7.12. The molecule has 3 rings (SSSR count). The highest BCUT2D eigenvalue weighted by Crippen LogP contribution is 2.24. The number of carbonyl (C=O) groups is 2. The summed E-state index contributed by atoms with van der Waals surface area (Å²) in [5.41, 5.74) is 2.74. The maximum absolute atomic E-state index is 12.9. The molecule has 1 saturated heterocycles. The highest BCUT2D eigenvalue weighted by atomic mass is 79.9. The van der Waals surface area contributed by atoms with Gasteiger partial charge in [-0.05, 0) is 54.8 Å². The van der Waals surface area contributed by atoms with Crippen LogP contribution in [0, 0.1) is 0 Å². The van der Waals surface area contributed by atoms with Crippen LogP contribution in [-0.2, 0) is 4.79 Å². The first-order valence-electron chi connectivity index (χ1n) is 8.86. The Balaban J connectivity index is 1.76. The quantitative estimate of drug-likeness (QED) is 0.743. The summed E-state index contributed by atoms with van der Waals surface area (Å²) in [4.78, 5) is 29.1. The number of hydrogen-bond donors (Lipinski definition) is 0. The summed E-state index contributed by atoms with van der Waals surface area (Å²) in [5, 5.41) is 0. The van der Waals surface area contributed by atoms with Gasteiger partial charge in [0.25, 0.3) is 5.91 Å². The van der Waals surface area contributed by atoms with E-state index in [9.17, 15) is 9.59 Å². The van der Waals surface area contributed by atoms with Crippen molar-refractivity contribution in [2.75, 3.05) is 18.0 Å². The third-order valence-electron chi connectivity index (χ3n) is 4.88. The molecule has 1 aliphatic heterocycles. The van der Waals surface area contributed by atoms with Crippen LogP contribution in [-0.4, -0.2) is 35.8 Å². The molecule has 1 heterocycles. The van der Waals surface area contributed by atoms with Crippen LogP contribution in [0.4, 0.5) is 5.69 Å². The van der Waals surface area contributed by atoms with E-state index in [0.717, 1.165) is 10.2 Å². The van der Waals surface area contributed by atoms with Gasteiger partial charge in [0, 0.05) is 28.8 Å². The molecule has 0 bridgehead atoms. The minimum Gasteiger partial charge on any atom is -0.325 e. The van der Waals surface area contributed by atoms with Gasteiger partial charge in [0.15, 0.2) is 0 Å². The highest BCUT2D eigenvalue weighted by Gasteiger charge is 2.35. The molecule has 2 aromatic rings. The molecule has 0 aliphatic carbocycles. The van der Waals surface area contributed by atoms with E-state index in [0.29, 0.717) is 24.6 Å². The van der Waals surface area contributed by atoms with Gasteiger partial charge in [-0.1, -0.05) is 41.9 Å². The van der Waals surface area contributed by atoms with Crippen LogP contribution >= 0.6 is 15.9 Å². The van der Waals surface area contributed by atoms with Crippen LogP contribution in [0.25, 0.3) is 0 Å². The molecule has 26 heavy (non-hydrogen) atoms. The Hall–Kier alpha value is -2.14. The van der Waals surface area contributed by atoms with Crippen molar-refractivity contribution in [3.63, 3.8) is 0 Å². The van der Waals surface area contributed by atoms with E-state index in [1.165, 1.54) is 5.56 Å². The Morgan fingerprint density at radius 2 is 1.65 bits per heavy atom. The maximum Gasteiger partial charge on any atom is 0.254 e. The average molecular weight is 415 g/mol. The summed E-state index contributed by atoms with van der Waals surface area (Å²) in [5.74, 6) is 0.311. The molecular weight excluding hydrogens is 392 g/mol. The molecule has 1 fully saturated rings. The van der Waals surface area contributed by atoms with Gasteiger partial charge in [0.1, 0.15) is 6.04 Å². The molecule has 0 radical (unpaired) electrons. The van der Waals surface area contributed by atoms with Crippen LogP contribution < -0.4 is 4.90 Å². The maximum atomic E-state index is 12.9. The van der Waals surface area contributed by atoms with Crippen molar-refractivity contribution in [3.05, 3.63) is 64.1 Å². The molecule has 2 aromatic carbocycles. The largest absolute Gasteiger partial charge is 0.325 e. The van der Waals surface area contributed by atoms with Crippen LogP contribution in [0.5, 0.6) is 0 Å². The Morgan fingerprint density at radius 3 is 2.23 bits per heavy atom. The molecule has 0 saturated carbocycles. The number of halogens is 1. The van der Waals surface area contributed by atoms with Crippen LogP contribution in [0.3, 0.4) is 0 Å². The standard InChI is InChI=1S/C21H23BrN2O2/c1-14(2)16-6-10-19(11-7-16)24-13-12-23(15(3)20(24)25)21(26)17-4-8-18(22)9-5-17/h4-11,14-15H,12-13H2,1-3H3. The molecule has 2 amide bonds. The van der Waals surface area contributed by atoms with Gasteiger partial charge in [0.05, 0.1) is 0 Å². The zero-order valence-corrected chi connectivity index (χ0v) is 16.9. The van der Waals surface area contributed by atoms with E-state index in [1.54, 1.807) is 28.9 Å². The van der Waals surface area contributed by atoms with Crippen molar-refractivity contribution in [1.82, 2.24) is 4.90 Å². The Morgan fingerprint density at radius 1 is 1.04 bits per heavy atom. The summed E-state index contributed by atoms with van der Waals surface area (Å²) < 4.78 is 0.924. The van der Waals surface area contributed by atoms with E-state index in [-0.39, 0.29) is 11.8 Å². The van der Waals surface area contributed by atoms with Gasteiger partial charge in [0.2, 0.25) is 5.91 Å². The predicted molar refractivity (Wildman–Crippen MR) is 108 cm³/mol. The van der Waals surface area contributed by atoms with Crippen molar-refractivity contribution < 1.29 is 9.59 Å². The minimum atomic E-state index is -0.482. The molecule has 0 N–H and O–H groups in total. The molecule has 1 atom stereocenters. The summed E-state index contributed by atoms with van der Waals surface area (Å²) in [7, 11) is 0. The van der Waals surface area contributed by atoms with Crippen molar-refractivity contribution in [3.8, 4) is 0 Å². The number of piperazine rings is 1. The second-order valence-electron chi connectivity index (χ2n) is 6.92. The van der Waals surface area contributed by atoms with Crippen LogP contribution in [0.1, 0.15) is 42.6 Å². The monoisotopic (exact) mass is 414 g/mol. The predicted octanol–water partition coefficient (Wildman–Crippen LogP) is 4.45. The highest BCUT2D eigenvalue weighted by molar-refractivity contribution is 9.10. The first kappa shape index (κ1) is 18.6. The van der Waals surface area contributed by atoms with E-state index in [4.69, 9.17) is 0 Å². The van der Waals surface area contributed by atoms with E-state index in [1.807, 2.05) is 24.3 Å². The number of nitrogens with zero attached hydrogens (tertiary/aromatic N) is 2. The van der Waals surface area contributed by atoms with Crippen molar-refractivity contribution >= 4 is 33.4 Å². The third-order valence-corrected chi connectivity index (χ3v) is 5.41. The van der Waals surface area contributed by atoms with Gasteiger partial charge >= 0.3 is 0 Å². The summed E-state index contributed by atoms with van der Waals surface area (Å²) in [6.07, 6.45) is 0. The van der Waals surface area contributed by atoms with Gasteiger partial charge in [-0.15, -0.1) is 0 Å². The van der Waals surface area contributed by atoms with E-state index >= 15 is 0 Å². The van der Waals surface area contributed by atoms with Crippen LogP contribution in [0.2, 0.25) is 0 Å². The lowest BCUT2D eigenvalue weighted by molar-refractivity contribution is -0.124. The number of amides is 2. The van der Waals surface area contributed by atoms with Gasteiger partial charge in [-0.3, -0.25) is 9.59 Å². The lowest BCUT2D eigenvalue weighted by atomic mass is 10.0. The molecule has 0 spiro atoms. The SMILES string of the molecule is CC(C)c1ccc(N2CCN(C(=O)c3ccc(Br)cc3)C(C)C2=O)cc1. The number of anilines is 1. The normalized spacial score (nSPS) is 17.7. The molecule has 4 nitrogen and oxygen atoms in total. The van der Waals surface area contributed by atoms with Crippen molar-refractivity contribution in [2.24, 2.45) is 0 Å². The third kappa shape index (κ3) is 3.68. The van der Waals surface area contributed by atoms with Gasteiger partial charge in [-0.25, -0.2) is 0 Å². The molecule has 5 heteroatoms. The Bertz CT molecular complexity index is 800. The fourth-order valence-electron chi connectivity index (χ4n) is 3.20. The summed E-state index contributed by atoms with van der Waals surface area (Å²) >= 11 is 3.37. The smallest absolute Gasteiger partial charge is 0.254 e. The number of benzene rings is 2. The Kier molecular flexibility index (Phi) is 5.47. The number of hydrogen-bond acceptors (Lipinski definition) is 2. The summed E-state index contributed by atoms with van der Waals surface area (Å²) in [6, 6.07) is 14.9. The molecule has 1 aliphatic rings. The van der Waals surface area contributed by atoms with Gasteiger partial charge < -0.3 is 9.80 Å². The van der Waals surface area contributed by atoms with Crippen LogP contribution in [0.15, 0.2) is 53.0 Å². The second-order valence-corrected chi connectivity index (χ2v) is 7.83. The fraction of sp³-hybridized carbons (Fsp3) is 0.333. The molecule has 1 unspecified atom stereocenters. The second kappa shape index (κ2) is 7.62. The van der Waals surface area contributed by atoms with E-state index < -0.39 is 6.04 Å². The zero-order chi connectivity index (χ0) is 18.8. The van der Waals surface area contributed by atoms with Gasteiger partial charge in [-0.2, -0.15) is 0 Å². The molecular formula is C21H23BrN2O2.